The second-order valence-electron chi connectivity index (χ2n) is 4.42. The molecular formula is C11H21N3O4. The van der Waals surface area contributed by atoms with Crippen molar-refractivity contribution in [2.45, 2.75) is 33.2 Å². The Kier molecular flexibility index (Phi) is 6.77. The van der Waals surface area contributed by atoms with Crippen molar-refractivity contribution in [2.75, 3.05) is 6.54 Å². The van der Waals surface area contributed by atoms with Crippen LogP contribution in [0.4, 0.5) is 4.79 Å². The second kappa shape index (κ2) is 7.52. The largest absolute Gasteiger partial charge is 0.481 e. The van der Waals surface area contributed by atoms with Crippen LogP contribution in [-0.4, -0.2) is 35.6 Å². The van der Waals surface area contributed by atoms with E-state index in [0.717, 1.165) is 0 Å². The van der Waals surface area contributed by atoms with Crippen LogP contribution in [-0.2, 0) is 9.59 Å². The quantitative estimate of drug-likeness (QED) is 0.510. The monoisotopic (exact) mass is 259 g/mol. The van der Waals surface area contributed by atoms with Gasteiger partial charge in [0.15, 0.2) is 0 Å². The lowest BCUT2D eigenvalue weighted by molar-refractivity contribution is -0.141. The molecule has 2 unspecified atom stereocenters. The average molecular weight is 259 g/mol. The van der Waals surface area contributed by atoms with E-state index in [1.54, 1.807) is 20.8 Å². The summed E-state index contributed by atoms with van der Waals surface area (Å²) in [6.07, 6.45) is 0.422. The van der Waals surface area contributed by atoms with Crippen molar-refractivity contribution < 1.29 is 19.5 Å². The van der Waals surface area contributed by atoms with Gasteiger partial charge in [0.2, 0.25) is 5.91 Å². The fourth-order valence-electron chi connectivity index (χ4n) is 1.43. The van der Waals surface area contributed by atoms with E-state index < -0.39 is 29.9 Å². The Balaban J connectivity index is 4.43. The van der Waals surface area contributed by atoms with Crippen molar-refractivity contribution in [2.24, 2.45) is 17.6 Å². The third kappa shape index (κ3) is 5.51. The fourth-order valence-corrected chi connectivity index (χ4v) is 1.43. The Bertz CT molecular complexity index is 317. The number of hydrogen-bond acceptors (Lipinski definition) is 3. The van der Waals surface area contributed by atoms with Gasteiger partial charge >= 0.3 is 12.0 Å². The van der Waals surface area contributed by atoms with Crippen molar-refractivity contribution >= 4 is 17.9 Å². The summed E-state index contributed by atoms with van der Waals surface area (Å²) < 4.78 is 0. The highest BCUT2D eigenvalue weighted by molar-refractivity contribution is 5.87. The van der Waals surface area contributed by atoms with Gasteiger partial charge in [0.25, 0.3) is 0 Å². The first-order chi connectivity index (χ1) is 8.29. The molecule has 0 saturated carbocycles. The Morgan fingerprint density at radius 1 is 1.28 bits per heavy atom. The number of rotatable bonds is 7. The van der Waals surface area contributed by atoms with Crippen LogP contribution in [0.1, 0.15) is 27.2 Å². The topological polar surface area (TPSA) is 122 Å². The molecule has 0 aliphatic carbocycles. The number of carbonyl (C=O) groups excluding carboxylic acids is 2. The molecule has 7 heteroatoms. The summed E-state index contributed by atoms with van der Waals surface area (Å²) >= 11 is 0. The summed E-state index contributed by atoms with van der Waals surface area (Å²) in [6.45, 7) is 5.28. The number of carboxylic acid groups (broad SMARTS) is 1. The minimum absolute atomic E-state index is 0.0360. The van der Waals surface area contributed by atoms with Gasteiger partial charge in [0, 0.05) is 6.54 Å². The first-order valence-electron chi connectivity index (χ1n) is 5.86. The molecule has 0 heterocycles. The number of primary amides is 1. The fraction of sp³-hybridized carbons (Fsp3) is 0.727. The molecule has 0 rings (SSSR count). The van der Waals surface area contributed by atoms with Crippen molar-refractivity contribution in [3.05, 3.63) is 0 Å². The first-order valence-corrected chi connectivity index (χ1v) is 5.86. The van der Waals surface area contributed by atoms with Crippen molar-refractivity contribution in [1.82, 2.24) is 10.6 Å². The van der Waals surface area contributed by atoms with Crippen LogP contribution < -0.4 is 16.4 Å². The smallest absolute Gasteiger partial charge is 0.312 e. The zero-order valence-electron chi connectivity index (χ0n) is 10.9. The SMILES string of the molecule is CCC(CNC(=O)C(NC(N)=O)C(C)C)C(=O)O. The maximum Gasteiger partial charge on any atom is 0.312 e. The molecule has 18 heavy (non-hydrogen) atoms. The van der Waals surface area contributed by atoms with E-state index in [1.807, 2.05) is 0 Å². The summed E-state index contributed by atoms with van der Waals surface area (Å²) in [6, 6.07) is -1.54. The highest BCUT2D eigenvalue weighted by Gasteiger charge is 2.24. The Morgan fingerprint density at radius 2 is 1.83 bits per heavy atom. The van der Waals surface area contributed by atoms with E-state index in [-0.39, 0.29) is 12.5 Å². The van der Waals surface area contributed by atoms with E-state index in [0.29, 0.717) is 6.42 Å². The van der Waals surface area contributed by atoms with Crippen LogP contribution >= 0.6 is 0 Å². The minimum Gasteiger partial charge on any atom is -0.481 e. The van der Waals surface area contributed by atoms with Crippen molar-refractivity contribution in [3.63, 3.8) is 0 Å². The van der Waals surface area contributed by atoms with E-state index in [9.17, 15) is 14.4 Å². The van der Waals surface area contributed by atoms with Crippen LogP contribution in [0.15, 0.2) is 0 Å². The Morgan fingerprint density at radius 3 is 2.17 bits per heavy atom. The van der Waals surface area contributed by atoms with Crippen molar-refractivity contribution in [3.8, 4) is 0 Å². The molecule has 7 nitrogen and oxygen atoms in total. The Hall–Kier alpha value is -1.79. The minimum atomic E-state index is -0.957. The van der Waals surface area contributed by atoms with Crippen LogP contribution in [0.25, 0.3) is 0 Å². The molecule has 0 saturated heterocycles. The second-order valence-corrected chi connectivity index (χ2v) is 4.42. The third-order valence-corrected chi connectivity index (χ3v) is 2.61. The van der Waals surface area contributed by atoms with Gasteiger partial charge < -0.3 is 21.5 Å². The summed E-state index contributed by atoms with van der Waals surface area (Å²) in [5, 5.41) is 13.7. The van der Waals surface area contributed by atoms with Gasteiger partial charge in [-0.15, -0.1) is 0 Å². The molecule has 3 amide bonds. The lowest BCUT2D eigenvalue weighted by Gasteiger charge is -2.21. The van der Waals surface area contributed by atoms with Gasteiger partial charge in [-0.25, -0.2) is 4.79 Å². The van der Waals surface area contributed by atoms with Crippen LogP contribution in [0, 0.1) is 11.8 Å². The third-order valence-electron chi connectivity index (χ3n) is 2.61. The molecule has 0 aromatic heterocycles. The first kappa shape index (κ1) is 16.2. The van der Waals surface area contributed by atoms with Crippen molar-refractivity contribution in [1.29, 1.82) is 0 Å². The number of nitrogens with two attached hydrogens (primary N) is 1. The average Bonchev–Trinajstić information content (AvgIpc) is 2.25. The summed E-state index contributed by atoms with van der Waals surface area (Å²) in [4.78, 5) is 33.3. The van der Waals surface area contributed by atoms with Gasteiger partial charge in [-0.1, -0.05) is 20.8 Å². The Labute approximate surface area is 106 Å². The molecule has 0 aliphatic heterocycles. The van der Waals surface area contributed by atoms with E-state index in [2.05, 4.69) is 10.6 Å². The molecule has 0 radical (unpaired) electrons. The summed E-state index contributed by atoms with van der Waals surface area (Å²) in [7, 11) is 0. The number of aliphatic carboxylic acids is 1. The van der Waals surface area contributed by atoms with Gasteiger partial charge in [0.05, 0.1) is 5.92 Å². The number of nitrogens with one attached hydrogen (secondary N) is 2. The van der Waals surface area contributed by atoms with Gasteiger partial charge in [-0.05, 0) is 12.3 Å². The highest BCUT2D eigenvalue weighted by atomic mass is 16.4. The standard InChI is InChI=1S/C11H21N3O4/c1-4-7(10(16)17)5-13-9(15)8(6(2)3)14-11(12)18/h6-8H,4-5H2,1-3H3,(H,13,15)(H,16,17)(H3,12,14,18). The van der Waals surface area contributed by atoms with Gasteiger partial charge in [0.1, 0.15) is 6.04 Å². The molecule has 0 spiro atoms. The molecule has 2 atom stereocenters. The van der Waals surface area contributed by atoms with Crippen LogP contribution in [0.2, 0.25) is 0 Å². The number of urea groups is 1. The predicted octanol–water partition coefficient (Wildman–Crippen LogP) is -0.0937. The lowest BCUT2D eigenvalue weighted by atomic mass is 10.0. The molecule has 0 aliphatic rings. The normalized spacial score (nSPS) is 13.8. The molecule has 0 fully saturated rings. The molecular weight excluding hydrogens is 238 g/mol. The molecule has 0 aromatic carbocycles. The van der Waals surface area contributed by atoms with E-state index >= 15 is 0 Å². The van der Waals surface area contributed by atoms with Crippen LogP contribution in [0.3, 0.4) is 0 Å². The van der Waals surface area contributed by atoms with E-state index in [4.69, 9.17) is 10.8 Å². The summed E-state index contributed by atoms with van der Waals surface area (Å²) in [5.41, 5.74) is 4.98. The predicted molar refractivity (Wildman–Crippen MR) is 65.8 cm³/mol. The van der Waals surface area contributed by atoms with E-state index in [1.165, 1.54) is 0 Å². The number of carboxylic acids is 1. The summed E-state index contributed by atoms with van der Waals surface area (Å²) in [5.74, 6) is -2.15. The molecule has 104 valence electrons. The zero-order chi connectivity index (χ0) is 14.3. The number of carbonyl (C=O) groups is 3. The maximum absolute atomic E-state index is 11.8. The van der Waals surface area contributed by atoms with Gasteiger partial charge in [-0.3, -0.25) is 9.59 Å². The lowest BCUT2D eigenvalue weighted by Crippen LogP contribution is -2.52. The molecule has 5 N–H and O–H groups in total. The van der Waals surface area contributed by atoms with Gasteiger partial charge in [-0.2, -0.15) is 0 Å². The zero-order valence-corrected chi connectivity index (χ0v) is 10.9. The maximum atomic E-state index is 11.8. The highest BCUT2D eigenvalue weighted by Crippen LogP contribution is 2.04. The molecule has 0 bridgehead atoms. The van der Waals surface area contributed by atoms with Crippen LogP contribution in [0.5, 0.6) is 0 Å². The molecule has 0 aromatic rings. The number of hydrogen-bond donors (Lipinski definition) is 4. The number of amides is 3.